The van der Waals surface area contributed by atoms with E-state index in [4.69, 9.17) is 10.5 Å². The van der Waals surface area contributed by atoms with Gasteiger partial charge < -0.3 is 10.5 Å². The number of nitrogens with two attached hydrogens (primary N) is 1. The van der Waals surface area contributed by atoms with Crippen LogP contribution in [0.4, 0.5) is 0 Å². The fourth-order valence-electron chi connectivity index (χ4n) is 5.12. The van der Waals surface area contributed by atoms with E-state index in [1.807, 2.05) is 0 Å². The highest BCUT2D eigenvalue weighted by Gasteiger charge is 2.44. The molecule has 0 radical (unpaired) electrons. The van der Waals surface area contributed by atoms with Gasteiger partial charge in [0.2, 0.25) is 0 Å². The number of ether oxygens (including phenoxy) is 1. The quantitative estimate of drug-likeness (QED) is 0.825. The first-order valence-electron chi connectivity index (χ1n) is 8.10. The Kier molecular flexibility index (Phi) is 4.32. The second kappa shape index (κ2) is 5.37. The maximum Gasteiger partial charge on any atom is 0.0576 e. The van der Waals surface area contributed by atoms with Gasteiger partial charge in [-0.05, 0) is 62.2 Å². The van der Waals surface area contributed by atoms with Crippen molar-refractivity contribution in [1.82, 2.24) is 0 Å². The lowest BCUT2D eigenvalue weighted by Gasteiger charge is -2.50. The van der Waals surface area contributed by atoms with Gasteiger partial charge in [0.15, 0.2) is 0 Å². The molecule has 2 heteroatoms. The summed E-state index contributed by atoms with van der Waals surface area (Å²) < 4.78 is 5.72. The third-order valence-electron chi connectivity index (χ3n) is 4.84. The minimum Gasteiger partial charge on any atom is -0.378 e. The van der Waals surface area contributed by atoms with Crippen LogP contribution in [0.5, 0.6) is 0 Å². The van der Waals surface area contributed by atoms with E-state index in [1.165, 1.54) is 51.4 Å². The molecule has 0 aromatic heterocycles. The van der Waals surface area contributed by atoms with Gasteiger partial charge in [-0.2, -0.15) is 0 Å². The molecule has 0 aromatic carbocycles. The van der Waals surface area contributed by atoms with E-state index in [1.54, 1.807) is 0 Å². The van der Waals surface area contributed by atoms with Crippen molar-refractivity contribution in [1.29, 1.82) is 0 Å². The SMILES string of the molecule is CC1(C)CC(C)(C)CC(N)(CCCC2CCCO2)C1. The highest BCUT2D eigenvalue weighted by molar-refractivity contribution is 5.00. The topological polar surface area (TPSA) is 35.2 Å². The van der Waals surface area contributed by atoms with Gasteiger partial charge in [0, 0.05) is 12.1 Å². The van der Waals surface area contributed by atoms with Crippen molar-refractivity contribution < 1.29 is 4.74 Å². The van der Waals surface area contributed by atoms with Gasteiger partial charge in [-0.25, -0.2) is 0 Å². The van der Waals surface area contributed by atoms with Gasteiger partial charge in [0.1, 0.15) is 0 Å². The van der Waals surface area contributed by atoms with Gasteiger partial charge in [-0.3, -0.25) is 0 Å². The van der Waals surface area contributed by atoms with E-state index in [0.29, 0.717) is 16.9 Å². The molecule has 2 fully saturated rings. The smallest absolute Gasteiger partial charge is 0.0576 e. The van der Waals surface area contributed by atoms with Gasteiger partial charge in [0.05, 0.1) is 6.10 Å². The van der Waals surface area contributed by atoms with Crippen LogP contribution in [0, 0.1) is 10.8 Å². The Morgan fingerprint density at radius 1 is 1.05 bits per heavy atom. The van der Waals surface area contributed by atoms with Gasteiger partial charge in [0.25, 0.3) is 0 Å². The van der Waals surface area contributed by atoms with Gasteiger partial charge in [-0.15, -0.1) is 0 Å². The molecule has 1 heterocycles. The van der Waals surface area contributed by atoms with Crippen LogP contribution < -0.4 is 5.73 Å². The number of hydrogen-bond acceptors (Lipinski definition) is 2. The molecule has 1 unspecified atom stereocenters. The van der Waals surface area contributed by atoms with Crippen molar-refractivity contribution in [3.8, 4) is 0 Å². The van der Waals surface area contributed by atoms with E-state index >= 15 is 0 Å². The summed E-state index contributed by atoms with van der Waals surface area (Å²) in [5.41, 5.74) is 7.58. The predicted molar refractivity (Wildman–Crippen MR) is 81.2 cm³/mol. The third-order valence-corrected chi connectivity index (χ3v) is 4.84. The summed E-state index contributed by atoms with van der Waals surface area (Å²) in [4.78, 5) is 0. The average molecular weight is 267 g/mol. The zero-order valence-electron chi connectivity index (χ0n) is 13.4. The molecule has 1 atom stereocenters. The molecule has 0 bridgehead atoms. The first-order valence-corrected chi connectivity index (χ1v) is 8.10. The Balaban J connectivity index is 1.86. The number of rotatable bonds is 4. The summed E-state index contributed by atoms with van der Waals surface area (Å²) in [6.45, 7) is 10.5. The van der Waals surface area contributed by atoms with Crippen molar-refractivity contribution in [2.75, 3.05) is 6.61 Å². The maximum absolute atomic E-state index is 6.75. The van der Waals surface area contributed by atoms with Crippen LogP contribution in [0.3, 0.4) is 0 Å². The number of hydrogen-bond donors (Lipinski definition) is 1. The van der Waals surface area contributed by atoms with Crippen LogP contribution in [0.1, 0.15) is 79.1 Å². The van der Waals surface area contributed by atoms with Crippen LogP contribution in [0.25, 0.3) is 0 Å². The monoisotopic (exact) mass is 267 g/mol. The molecule has 0 amide bonds. The molecule has 2 rings (SSSR count). The Bertz CT molecular complexity index is 286. The lowest BCUT2D eigenvalue weighted by atomic mass is 9.57. The Hall–Kier alpha value is -0.0800. The van der Waals surface area contributed by atoms with Crippen molar-refractivity contribution in [3.63, 3.8) is 0 Å². The van der Waals surface area contributed by atoms with Crippen molar-refractivity contribution in [3.05, 3.63) is 0 Å². The van der Waals surface area contributed by atoms with Crippen molar-refractivity contribution in [2.24, 2.45) is 16.6 Å². The Labute approximate surface area is 119 Å². The Morgan fingerprint density at radius 3 is 2.21 bits per heavy atom. The summed E-state index contributed by atoms with van der Waals surface area (Å²) in [7, 11) is 0. The predicted octanol–water partition coefficient (Wildman–Crippen LogP) is 4.27. The lowest BCUT2D eigenvalue weighted by molar-refractivity contribution is 0.0395. The summed E-state index contributed by atoms with van der Waals surface area (Å²) in [6.07, 6.45) is 10.3. The first-order chi connectivity index (χ1) is 8.70. The second-order valence-electron chi connectivity index (χ2n) is 8.75. The minimum atomic E-state index is 0.0455. The second-order valence-corrected chi connectivity index (χ2v) is 8.75. The zero-order valence-corrected chi connectivity index (χ0v) is 13.4. The average Bonchev–Trinajstić information content (AvgIpc) is 2.63. The minimum absolute atomic E-state index is 0.0455. The molecule has 1 saturated carbocycles. The lowest BCUT2D eigenvalue weighted by Crippen LogP contribution is -2.52. The molecule has 19 heavy (non-hydrogen) atoms. The standard InChI is InChI=1S/C17H33NO/c1-15(2)11-16(3,4)13-17(18,12-15)9-5-7-14-8-6-10-19-14/h14H,5-13,18H2,1-4H3. The van der Waals surface area contributed by atoms with E-state index in [0.717, 1.165) is 6.61 Å². The van der Waals surface area contributed by atoms with E-state index in [-0.39, 0.29) is 5.54 Å². The fourth-order valence-corrected chi connectivity index (χ4v) is 5.12. The van der Waals surface area contributed by atoms with Crippen LogP contribution in [0.2, 0.25) is 0 Å². The summed E-state index contributed by atoms with van der Waals surface area (Å²) in [5.74, 6) is 0. The van der Waals surface area contributed by atoms with E-state index in [2.05, 4.69) is 27.7 Å². The molecule has 2 nitrogen and oxygen atoms in total. The summed E-state index contributed by atoms with van der Waals surface area (Å²) in [5, 5.41) is 0. The largest absolute Gasteiger partial charge is 0.378 e. The van der Waals surface area contributed by atoms with Crippen molar-refractivity contribution >= 4 is 0 Å². The molecule has 2 N–H and O–H groups in total. The molecule has 1 aliphatic heterocycles. The molecule has 112 valence electrons. The summed E-state index contributed by atoms with van der Waals surface area (Å²) >= 11 is 0. The highest BCUT2D eigenvalue weighted by Crippen LogP contribution is 2.50. The molecular weight excluding hydrogens is 234 g/mol. The summed E-state index contributed by atoms with van der Waals surface area (Å²) in [6, 6.07) is 0. The zero-order chi connectivity index (χ0) is 14.1. The normalized spacial score (nSPS) is 32.4. The first kappa shape index (κ1) is 15.3. The van der Waals surface area contributed by atoms with Crippen LogP contribution in [-0.4, -0.2) is 18.2 Å². The van der Waals surface area contributed by atoms with Crippen LogP contribution in [0.15, 0.2) is 0 Å². The highest BCUT2D eigenvalue weighted by atomic mass is 16.5. The van der Waals surface area contributed by atoms with Crippen LogP contribution in [-0.2, 0) is 4.74 Å². The van der Waals surface area contributed by atoms with Gasteiger partial charge >= 0.3 is 0 Å². The van der Waals surface area contributed by atoms with Crippen molar-refractivity contribution in [2.45, 2.75) is 90.7 Å². The molecular formula is C17H33NO. The maximum atomic E-state index is 6.75. The van der Waals surface area contributed by atoms with Gasteiger partial charge in [-0.1, -0.05) is 27.7 Å². The van der Waals surface area contributed by atoms with Crippen LogP contribution >= 0.6 is 0 Å². The molecule has 1 saturated heterocycles. The molecule has 0 aromatic rings. The van der Waals surface area contributed by atoms with E-state index in [9.17, 15) is 0 Å². The third kappa shape index (κ3) is 4.46. The Morgan fingerprint density at radius 2 is 1.68 bits per heavy atom. The van der Waals surface area contributed by atoms with E-state index < -0.39 is 0 Å². The fraction of sp³-hybridized carbons (Fsp3) is 1.00. The molecule has 1 aliphatic carbocycles. The molecule has 0 spiro atoms. The molecule has 2 aliphatic rings.